The second-order valence-electron chi connectivity index (χ2n) is 6.89. The molecule has 1 saturated carbocycles. The van der Waals surface area contributed by atoms with Gasteiger partial charge in [-0.2, -0.15) is 0 Å². The number of carbonyl (C=O) groups excluding carboxylic acids is 1. The topological polar surface area (TPSA) is 68.3 Å². The Bertz CT molecular complexity index is 874. The van der Waals surface area contributed by atoms with Gasteiger partial charge in [0.05, 0.1) is 17.4 Å². The van der Waals surface area contributed by atoms with Crippen LogP contribution in [-0.2, 0) is 16.6 Å². The number of nitrogens with zero attached hydrogens (tertiary/aromatic N) is 1. The zero-order valence-electron chi connectivity index (χ0n) is 14.8. The van der Waals surface area contributed by atoms with E-state index in [1.54, 1.807) is 18.4 Å². The van der Waals surface area contributed by atoms with Gasteiger partial charge in [0.2, 0.25) is 11.7 Å². The van der Waals surface area contributed by atoms with Crippen molar-refractivity contribution in [2.24, 2.45) is 0 Å². The summed E-state index contributed by atoms with van der Waals surface area (Å²) < 4.78 is 10.7. The summed E-state index contributed by atoms with van der Waals surface area (Å²) >= 11 is 0. The van der Waals surface area contributed by atoms with Crippen LogP contribution in [-0.4, -0.2) is 11.1 Å². The van der Waals surface area contributed by atoms with Crippen LogP contribution in [0.4, 0.5) is 5.69 Å². The highest BCUT2D eigenvalue weighted by Gasteiger charge is 2.54. The Morgan fingerprint density at radius 2 is 2.00 bits per heavy atom. The van der Waals surface area contributed by atoms with Crippen LogP contribution in [0, 0.1) is 0 Å². The summed E-state index contributed by atoms with van der Waals surface area (Å²) in [5.41, 5.74) is 2.19. The number of nitrogens with one attached hydrogen (secondary N) is 1. The highest BCUT2D eigenvalue weighted by Crippen LogP contribution is 2.49. The largest absolute Gasteiger partial charge is 0.461 e. The number of furan rings is 1. The third-order valence-corrected chi connectivity index (χ3v) is 4.98. The predicted molar refractivity (Wildman–Crippen MR) is 98.8 cm³/mol. The van der Waals surface area contributed by atoms with Gasteiger partial charge in [0, 0.05) is 11.8 Å². The Morgan fingerprint density at radius 1 is 1.19 bits per heavy atom. The van der Waals surface area contributed by atoms with Gasteiger partial charge in [-0.25, -0.2) is 0 Å². The van der Waals surface area contributed by atoms with Crippen LogP contribution in [0.3, 0.4) is 0 Å². The predicted octanol–water partition coefficient (Wildman–Crippen LogP) is 4.95. The van der Waals surface area contributed by atoms with Gasteiger partial charge in [0.25, 0.3) is 0 Å². The molecule has 2 aromatic heterocycles. The van der Waals surface area contributed by atoms with Gasteiger partial charge in [-0.1, -0.05) is 30.6 Å². The van der Waals surface area contributed by atoms with Gasteiger partial charge >= 0.3 is 0 Å². The average molecular weight is 350 g/mol. The zero-order chi connectivity index (χ0) is 18.0. The molecule has 1 aliphatic carbocycles. The van der Waals surface area contributed by atoms with Gasteiger partial charge in [0.1, 0.15) is 0 Å². The van der Waals surface area contributed by atoms with Crippen molar-refractivity contribution in [1.29, 1.82) is 0 Å². The lowest BCUT2D eigenvalue weighted by atomic mass is 10.0. The lowest BCUT2D eigenvalue weighted by Crippen LogP contribution is -2.28. The molecule has 0 saturated heterocycles. The standard InChI is InChI=1S/C21H22N2O3/c1-2-3-5-15-7-9-16(10-8-15)22-20(24)21(11-12-21)19-14-18(26-23-19)17-6-4-13-25-17/h4,6-10,13-14H,2-3,5,11-12H2,1H3,(H,22,24). The first-order valence-electron chi connectivity index (χ1n) is 9.13. The molecule has 0 unspecified atom stereocenters. The Kier molecular flexibility index (Phi) is 4.37. The minimum absolute atomic E-state index is 0.0295. The third kappa shape index (κ3) is 3.17. The number of benzene rings is 1. The lowest BCUT2D eigenvalue weighted by Gasteiger charge is -2.12. The number of unbranched alkanes of at least 4 members (excludes halogenated alkanes) is 1. The number of amides is 1. The molecule has 134 valence electrons. The van der Waals surface area contributed by atoms with E-state index in [2.05, 4.69) is 29.5 Å². The zero-order valence-corrected chi connectivity index (χ0v) is 14.8. The van der Waals surface area contributed by atoms with Crippen molar-refractivity contribution in [1.82, 2.24) is 5.16 Å². The quantitative estimate of drug-likeness (QED) is 0.655. The highest BCUT2D eigenvalue weighted by atomic mass is 16.5. The molecule has 26 heavy (non-hydrogen) atoms. The molecule has 2 heterocycles. The van der Waals surface area contributed by atoms with E-state index in [9.17, 15) is 4.79 Å². The fourth-order valence-corrected chi connectivity index (χ4v) is 3.15. The van der Waals surface area contributed by atoms with E-state index in [1.807, 2.05) is 18.2 Å². The van der Waals surface area contributed by atoms with Gasteiger partial charge < -0.3 is 14.3 Å². The van der Waals surface area contributed by atoms with E-state index in [-0.39, 0.29) is 5.91 Å². The molecule has 0 radical (unpaired) electrons. The van der Waals surface area contributed by atoms with Crippen LogP contribution in [0.1, 0.15) is 43.9 Å². The van der Waals surface area contributed by atoms with Crippen molar-refractivity contribution in [2.75, 3.05) is 5.32 Å². The van der Waals surface area contributed by atoms with E-state index in [4.69, 9.17) is 8.94 Å². The SMILES string of the molecule is CCCCc1ccc(NC(=O)C2(c3cc(-c4ccco4)on3)CC2)cc1. The maximum atomic E-state index is 12.8. The number of aromatic nitrogens is 1. The van der Waals surface area contributed by atoms with E-state index in [0.29, 0.717) is 17.2 Å². The molecule has 3 aromatic rings. The maximum absolute atomic E-state index is 12.8. The molecule has 1 fully saturated rings. The van der Waals surface area contributed by atoms with Crippen LogP contribution >= 0.6 is 0 Å². The smallest absolute Gasteiger partial charge is 0.236 e. The van der Waals surface area contributed by atoms with Crippen molar-refractivity contribution in [3.8, 4) is 11.5 Å². The Balaban J connectivity index is 1.46. The number of carbonyl (C=O) groups is 1. The number of hydrogen-bond acceptors (Lipinski definition) is 4. The first kappa shape index (κ1) is 16.6. The molecule has 5 heteroatoms. The van der Waals surface area contributed by atoms with Gasteiger partial charge in [-0.05, 0) is 55.5 Å². The summed E-state index contributed by atoms with van der Waals surface area (Å²) in [5, 5.41) is 7.15. The summed E-state index contributed by atoms with van der Waals surface area (Å²) in [6.07, 6.45) is 6.57. The van der Waals surface area contributed by atoms with Gasteiger partial charge in [-0.3, -0.25) is 4.79 Å². The Hall–Kier alpha value is -2.82. The number of anilines is 1. The fourth-order valence-electron chi connectivity index (χ4n) is 3.15. The minimum atomic E-state index is -0.588. The maximum Gasteiger partial charge on any atom is 0.236 e. The molecular formula is C21H22N2O3. The summed E-state index contributed by atoms with van der Waals surface area (Å²) in [7, 11) is 0. The summed E-state index contributed by atoms with van der Waals surface area (Å²) in [6, 6.07) is 13.5. The summed E-state index contributed by atoms with van der Waals surface area (Å²) in [5.74, 6) is 1.13. The second-order valence-corrected chi connectivity index (χ2v) is 6.89. The monoisotopic (exact) mass is 350 g/mol. The average Bonchev–Trinajstić information content (AvgIpc) is 3.08. The van der Waals surface area contributed by atoms with Crippen LogP contribution in [0.25, 0.3) is 11.5 Å². The molecule has 0 spiro atoms. The first-order valence-corrected chi connectivity index (χ1v) is 9.13. The second kappa shape index (κ2) is 6.83. The van der Waals surface area contributed by atoms with Crippen LogP contribution < -0.4 is 5.32 Å². The van der Waals surface area contributed by atoms with Gasteiger partial charge in [0.15, 0.2) is 5.76 Å². The molecule has 0 aliphatic heterocycles. The number of rotatable bonds is 7. The third-order valence-electron chi connectivity index (χ3n) is 4.98. The van der Waals surface area contributed by atoms with Crippen molar-refractivity contribution in [3.63, 3.8) is 0 Å². The molecule has 4 rings (SSSR count). The number of aryl methyl sites for hydroxylation is 1. The van der Waals surface area contributed by atoms with Crippen LogP contribution in [0.5, 0.6) is 0 Å². The molecule has 1 N–H and O–H groups in total. The summed E-state index contributed by atoms with van der Waals surface area (Å²) in [6.45, 7) is 2.19. The highest BCUT2D eigenvalue weighted by molar-refractivity contribution is 6.01. The van der Waals surface area contributed by atoms with Crippen LogP contribution in [0.2, 0.25) is 0 Å². The molecular weight excluding hydrogens is 328 g/mol. The lowest BCUT2D eigenvalue weighted by molar-refractivity contribution is -0.118. The molecule has 0 bridgehead atoms. The van der Waals surface area contributed by atoms with Crippen molar-refractivity contribution in [2.45, 2.75) is 44.4 Å². The normalized spacial score (nSPS) is 15.0. The van der Waals surface area contributed by atoms with E-state index < -0.39 is 5.41 Å². The minimum Gasteiger partial charge on any atom is -0.461 e. The molecule has 1 aliphatic rings. The van der Waals surface area contributed by atoms with Gasteiger partial charge in [-0.15, -0.1) is 0 Å². The van der Waals surface area contributed by atoms with Crippen molar-refractivity contribution >= 4 is 11.6 Å². The van der Waals surface area contributed by atoms with E-state index >= 15 is 0 Å². The molecule has 5 nitrogen and oxygen atoms in total. The fraction of sp³-hybridized carbons (Fsp3) is 0.333. The Morgan fingerprint density at radius 3 is 2.65 bits per heavy atom. The molecule has 0 atom stereocenters. The molecule has 1 aromatic carbocycles. The number of hydrogen-bond donors (Lipinski definition) is 1. The Labute approximate surface area is 152 Å². The van der Waals surface area contributed by atoms with Crippen LogP contribution in [0.15, 0.2) is 57.7 Å². The summed E-state index contributed by atoms with van der Waals surface area (Å²) in [4.78, 5) is 12.8. The van der Waals surface area contributed by atoms with Crippen molar-refractivity contribution in [3.05, 3.63) is 60.0 Å². The van der Waals surface area contributed by atoms with E-state index in [1.165, 1.54) is 18.4 Å². The van der Waals surface area contributed by atoms with Crippen molar-refractivity contribution < 1.29 is 13.7 Å². The first-order chi connectivity index (χ1) is 12.7. The molecule has 1 amide bonds. The van der Waals surface area contributed by atoms with E-state index in [0.717, 1.165) is 24.9 Å².